The van der Waals surface area contributed by atoms with Gasteiger partial charge in [-0.3, -0.25) is 14.5 Å². The van der Waals surface area contributed by atoms with Crippen LogP contribution in [-0.2, 0) is 14.3 Å². The molecule has 35 heavy (non-hydrogen) atoms. The summed E-state index contributed by atoms with van der Waals surface area (Å²) in [5.74, 6) is 0.472. The second-order valence-electron chi connectivity index (χ2n) is 8.23. The zero-order chi connectivity index (χ0) is 24.4. The average molecular weight is 469 g/mol. The van der Waals surface area contributed by atoms with Crippen LogP contribution in [0.5, 0.6) is 5.75 Å². The quantitative estimate of drug-likeness (QED) is 0.359. The van der Waals surface area contributed by atoms with Crippen LogP contribution in [-0.4, -0.2) is 36.6 Å². The van der Waals surface area contributed by atoms with E-state index in [0.29, 0.717) is 17.1 Å². The topological polar surface area (TPSA) is 81.9 Å². The molecule has 0 saturated heterocycles. The monoisotopic (exact) mass is 468 g/mol. The van der Waals surface area contributed by atoms with Gasteiger partial charge in [-0.15, -0.1) is 0 Å². The largest absolute Gasteiger partial charge is 0.482 e. The lowest BCUT2D eigenvalue weighted by Gasteiger charge is -2.29. The van der Waals surface area contributed by atoms with Crippen LogP contribution in [0.4, 0.5) is 5.69 Å². The van der Waals surface area contributed by atoms with Crippen molar-refractivity contribution in [1.82, 2.24) is 4.98 Å². The van der Waals surface area contributed by atoms with Crippen LogP contribution in [0.15, 0.2) is 77.4 Å². The van der Waals surface area contributed by atoms with E-state index in [2.05, 4.69) is 0 Å². The van der Waals surface area contributed by atoms with E-state index in [1.165, 1.54) is 4.90 Å². The van der Waals surface area contributed by atoms with E-state index < -0.39 is 5.97 Å². The number of anilines is 1. The summed E-state index contributed by atoms with van der Waals surface area (Å²) >= 11 is 0. The van der Waals surface area contributed by atoms with E-state index in [0.717, 1.165) is 33.7 Å². The number of carbonyl (C=O) groups excluding carboxylic acids is 2. The molecule has 2 aromatic carbocycles. The molecule has 176 valence electrons. The van der Waals surface area contributed by atoms with Gasteiger partial charge in [0.15, 0.2) is 6.61 Å². The Morgan fingerprint density at radius 1 is 1.00 bits per heavy atom. The van der Waals surface area contributed by atoms with Gasteiger partial charge in [0.25, 0.3) is 5.91 Å². The number of hydrogen-bond donors (Lipinski definition) is 0. The minimum absolute atomic E-state index is 0.129. The molecule has 0 N–H and O–H groups in total. The van der Waals surface area contributed by atoms with Gasteiger partial charge in [-0.05, 0) is 56.3 Å². The highest BCUT2D eigenvalue weighted by molar-refractivity contribution is 6.02. The number of furan rings is 1. The van der Waals surface area contributed by atoms with Gasteiger partial charge in [-0.25, -0.2) is 4.98 Å². The minimum atomic E-state index is -0.473. The third-order valence-electron chi connectivity index (χ3n) is 5.77. The van der Waals surface area contributed by atoms with Crippen molar-refractivity contribution in [2.24, 2.45) is 0 Å². The zero-order valence-electron chi connectivity index (χ0n) is 19.5. The molecule has 0 spiro atoms. The molecule has 0 radical (unpaired) electrons. The number of ether oxygens (including phenoxy) is 2. The molecule has 5 rings (SSSR count). The fourth-order valence-electron chi connectivity index (χ4n) is 4.01. The average Bonchev–Trinajstić information content (AvgIpc) is 3.41. The number of esters is 1. The van der Waals surface area contributed by atoms with Crippen molar-refractivity contribution in [3.05, 3.63) is 78.6 Å². The summed E-state index contributed by atoms with van der Waals surface area (Å²) in [6.45, 7) is 3.71. The highest BCUT2D eigenvalue weighted by atomic mass is 16.5. The van der Waals surface area contributed by atoms with Gasteiger partial charge in [0.1, 0.15) is 18.1 Å². The van der Waals surface area contributed by atoms with Gasteiger partial charge in [0, 0.05) is 16.7 Å². The predicted molar refractivity (Wildman–Crippen MR) is 132 cm³/mol. The van der Waals surface area contributed by atoms with Crippen LogP contribution in [0.2, 0.25) is 0 Å². The maximum atomic E-state index is 12.6. The van der Waals surface area contributed by atoms with Crippen molar-refractivity contribution in [3.8, 4) is 39.6 Å². The number of hydrogen-bond acceptors (Lipinski definition) is 6. The molecule has 7 heteroatoms. The first-order valence-corrected chi connectivity index (χ1v) is 11.4. The molecule has 3 heterocycles. The van der Waals surface area contributed by atoms with Crippen molar-refractivity contribution in [3.63, 3.8) is 0 Å². The molecule has 7 nitrogen and oxygen atoms in total. The maximum Gasteiger partial charge on any atom is 0.326 e. The number of amides is 1. The van der Waals surface area contributed by atoms with Gasteiger partial charge in [-0.1, -0.05) is 29.8 Å². The number of nitrogens with zero attached hydrogens (tertiary/aromatic N) is 2. The zero-order valence-corrected chi connectivity index (χ0v) is 19.5. The normalized spacial score (nSPS) is 12.7. The van der Waals surface area contributed by atoms with Crippen LogP contribution in [0.1, 0.15) is 12.5 Å². The molecular formula is C28H24N2O5. The van der Waals surface area contributed by atoms with Crippen LogP contribution < -0.4 is 9.64 Å². The van der Waals surface area contributed by atoms with Gasteiger partial charge >= 0.3 is 5.97 Å². The lowest BCUT2D eigenvalue weighted by molar-refractivity contribution is -0.142. The molecule has 1 aliphatic rings. The molecule has 4 aromatic rings. The smallest absolute Gasteiger partial charge is 0.326 e. The highest BCUT2D eigenvalue weighted by Crippen LogP contribution is 2.37. The third kappa shape index (κ3) is 4.66. The van der Waals surface area contributed by atoms with Crippen molar-refractivity contribution in [2.45, 2.75) is 13.8 Å². The Bertz CT molecular complexity index is 1380. The SMILES string of the molecule is CCOC(=O)CN1C(=O)COc2ccc(-c3cc(-c4ccco4)cc(-c4ccc(C)cc4)n3)cc21. The first-order valence-electron chi connectivity index (χ1n) is 11.4. The number of pyridine rings is 1. The Hall–Kier alpha value is -4.39. The second kappa shape index (κ2) is 9.46. The van der Waals surface area contributed by atoms with E-state index in [-0.39, 0.29) is 25.7 Å². The van der Waals surface area contributed by atoms with E-state index >= 15 is 0 Å². The first kappa shape index (κ1) is 22.4. The molecule has 2 aromatic heterocycles. The molecule has 1 amide bonds. The van der Waals surface area contributed by atoms with E-state index in [4.69, 9.17) is 18.9 Å². The lowest BCUT2D eigenvalue weighted by atomic mass is 10.0. The van der Waals surface area contributed by atoms with Crippen molar-refractivity contribution < 1.29 is 23.5 Å². The summed E-state index contributed by atoms with van der Waals surface area (Å²) in [6.07, 6.45) is 1.64. The number of fused-ring (bicyclic) bond motifs is 1. The molecule has 0 bridgehead atoms. The van der Waals surface area contributed by atoms with Crippen LogP contribution >= 0.6 is 0 Å². The van der Waals surface area contributed by atoms with E-state index in [1.54, 1.807) is 19.3 Å². The van der Waals surface area contributed by atoms with Gasteiger partial charge in [-0.2, -0.15) is 0 Å². The lowest BCUT2D eigenvalue weighted by Crippen LogP contribution is -2.42. The van der Waals surface area contributed by atoms with Gasteiger partial charge < -0.3 is 13.9 Å². The van der Waals surface area contributed by atoms with Gasteiger partial charge in [0.05, 0.1) is 29.9 Å². The van der Waals surface area contributed by atoms with Crippen molar-refractivity contribution in [1.29, 1.82) is 0 Å². The second-order valence-corrected chi connectivity index (χ2v) is 8.23. The van der Waals surface area contributed by atoms with Crippen LogP contribution in [0, 0.1) is 6.92 Å². The Morgan fingerprint density at radius 2 is 1.74 bits per heavy atom. The standard InChI is InChI=1S/C28H24N2O5/c1-3-33-28(32)16-30-24-15-20(10-11-26(24)35-17-27(30)31)23-14-21(25-5-4-12-34-25)13-22(29-23)19-8-6-18(2)7-9-19/h4-15H,3,16-17H2,1-2H3. The van der Waals surface area contributed by atoms with Crippen molar-refractivity contribution >= 4 is 17.6 Å². The first-order chi connectivity index (χ1) is 17.0. The number of aromatic nitrogens is 1. The van der Waals surface area contributed by atoms with Gasteiger partial charge in [0.2, 0.25) is 0 Å². The molecule has 1 aliphatic heterocycles. The summed E-state index contributed by atoms with van der Waals surface area (Å²) in [5.41, 5.74) is 5.80. The number of aryl methyl sites for hydroxylation is 1. The molecule has 0 fully saturated rings. The molecule has 0 aliphatic carbocycles. The Labute approximate surface area is 202 Å². The summed E-state index contributed by atoms with van der Waals surface area (Å²) in [6, 6.07) is 21.3. The molecular weight excluding hydrogens is 444 g/mol. The Kier molecular flexibility index (Phi) is 6.06. The maximum absolute atomic E-state index is 12.6. The summed E-state index contributed by atoms with van der Waals surface area (Å²) < 4.78 is 16.3. The minimum Gasteiger partial charge on any atom is -0.482 e. The van der Waals surface area contributed by atoms with Crippen LogP contribution in [0.3, 0.4) is 0 Å². The molecule has 0 unspecified atom stereocenters. The number of rotatable bonds is 6. The summed E-state index contributed by atoms with van der Waals surface area (Å²) in [7, 11) is 0. The molecule has 0 saturated carbocycles. The fourth-order valence-corrected chi connectivity index (χ4v) is 4.01. The molecule has 0 atom stereocenters. The van der Waals surface area contributed by atoms with E-state index in [9.17, 15) is 9.59 Å². The summed E-state index contributed by atoms with van der Waals surface area (Å²) in [5, 5.41) is 0. The Morgan fingerprint density at radius 3 is 2.46 bits per heavy atom. The number of benzene rings is 2. The van der Waals surface area contributed by atoms with E-state index in [1.807, 2.05) is 67.6 Å². The van der Waals surface area contributed by atoms with Crippen molar-refractivity contribution in [2.75, 3.05) is 24.7 Å². The Balaban J connectivity index is 1.60. The highest BCUT2D eigenvalue weighted by Gasteiger charge is 2.28. The fraction of sp³-hybridized carbons (Fsp3) is 0.179. The third-order valence-corrected chi connectivity index (χ3v) is 5.77. The van der Waals surface area contributed by atoms with Crippen LogP contribution in [0.25, 0.3) is 33.8 Å². The summed E-state index contributed by atoms with van der Waals surface area (Å²) in [4.78, 5) is 31.0. The predicted octanol–water partition coefficient (Wildman–Crippen LogP) is 5.27. The number of carbonyl (C=O) groups is 2.